The summed E-state index contributed by atoms with van der Waals surface area (Å²) in [6, 6.07) is 20.3. The smallest absolute Gasteiger partial charge is 0.335 e. The number of rotatable bonds is 20. The lowest BCUT2D eigenvalue weighted by molar-refractivity contribution is -0.708. The summed E-state index contributed by atoms with van der Waals surface area (Å²) < 4.78 is 99.9. The van der Waals surface area contributed by atoms with E-state index in [0.717, 1.165) is 166 Å². The van der Waals surface area contributed by atoms with Crippen LogP contribution in [-0.2, 0) is 90.7 Å². The van der Waals surface area contributed by atoms with Gasteiger partial charge in [-0.25, -0.2) is 33.7 Å². The van der Waals surface area contributed by atoms with Crippen LogP contribution in [0.3, 0.4) is 0 Å². The van der Waals surface area contributed by atoms with Crippen molar-refractivity contribution in [3.63, 3.8) is 0 Å². The first-order valence-electron chi connectivity index (χ1n) is 43.4. The number of aryl methyl sites for hydroxylation is 4. The van der Waals surface area contributed by atoms with E-state index in [9.17, 15) is 64.9 Å². The summed E-state index contributed by atoms with van der Waals surface area (Å²) in [4.78, 5) is 3.20. The first-order chi connectivity index (χ1) is 54.8. The molecule has 0 bridgehead atoms. The van der Waals surface area contributed by atoms with Gasteiger partial charge >= 0.3 is 10.1 Å². The monoisotopic (exact) mass is 1660 g/mol. The van der Waals surface area contributed by atoms with E-state index in [2.05, 4.69) is 30.6 Å². The van der Waals surface area contributed by atoms with Crippen molar-refractivity contribution in [2.45, 2.75) is 377 Å². The molecule has 0 aromatic carbocycles. The predicted octanol–water partition coefficient (Wildman–Crippen LogP) is 13.5. The fourth-order valence-corrected chi connectivity index (χ4v) is 24.8. The van der Waals surface area contributed by atoms with Crippen molar-refractivity contribution in [1.82, 2.24) is 30.6 Å². The Morgan fingerprint density at radius 1 is 0.246 bits per heavy atom. The highest BCUT2D eigenvalue weighted by molar-refractivity contribution is 7.92. The zero-order valence-corrected chi connectivity index (χ0v) is 71.5. The molecule has 14 rings (SSSR count). The quantitative estimate of drug-likeness (QED) is 0.0506. The third-order valence-electron chi connectivity index (χ3n) is 24.7. The molecular formula is C84H128N12O14S4. The zero-order valence-electron chi connectivity index (χ0n) is 68.2. The van der Waals surface area contributed by atoms with E-state index in [1.807, 2.05) is 52.0 Å². The Bertz CT molecular complexity index is 4440. The summed E-state index contributed by atoms with van der Waals surface area (Å²) in [7, 11) is -14.0. The number of sulfone groups is 4. The van der Waals surface area contributed by atoms with Gasteiger partial charge in [0, 0.05) is 92.7 Å². The highest BCUT2D eigenvalue weighted by Crippen LogP contribution is 2.34. The highest BCUT2D eigenvalue weighted by atomic mass is 32.2. The molecule has 632 valence electrons. The number of nitrogens with zero attached hydrogens (tertiary/aromatic N) is 12. The van der Waals surface area contributed by atoms with Gasteiger partial charge in [0.05, 0.1) is 21.0 Å². The number of aromatic nitrogens is 12. The maximum atomic E-state index is 12.6. The molecule has 114 heavy (non-hydrogen) atoms. The minimum Gasteiger partial charge on any atom is -0.594 e. The van der Waals surface area contributed by atoms with Crippen LogP contribution in [0.5, 0.6) is 0 Å². The minimum atomic E-state index is -3.55. The van der Waals surface area contributed by atoms with Crippen LogP contribution >= 0.6 is 0 Å². The Balaban J connectivity index is 0.000000158. The van der Waals surface area contributed by atoms with Crippen LogP contribution < -0.4 is 29.1 Å². The fraction of sp³-hybridized carbons (Fsp3) is 0.714. The van der Waals surface area contributed by atoms with E-state index in [1.165, 1.54) is 140 Å². The largest absolute Gasteiger partial charge is 0.594 e. The van der Waals surface area contributed by atoms with E-state index in [-0.39, 0.29) is 35.4 Å². The third-order valence-corrected chi connectivity index (χ3v) is 33.4. The summed E-state index contributed by atoms with van der Waals surface area (Å²) in [5, 5.41) is 92.1. The lowest BCUT2D eigenvalue weighted by atomic mass is 9.86. The Kier molecular flexibility index (Phi) is 36.0. The summed E-state index contributed by atoms with van der Waals surface area (Å²) in [5.74, 6) is 2.56. The Labute approximate surface area is 678 Å². The van der Waals surface area contributed by atoms with E-state index in [4.69, 9.17) is 0 Å². The first-order valence-corrected chi connectivity index (χ1v) is 49.5. The molecule has 8 saturated carbocycles. The fourth-order valence-electron chi connectivity index (χ4n) is 17.7. The molecule has 6 aromatic heterocycles. The minimum absolute atomic E-state index is 0.0493. The van der Waals surface area contributed by atoms with Gasteiger partial charge in [-0.05, 0) is 172 Å². The Hall–Kier alpha value is -6.92. The van der Waals surface area contributed by atoms with Crippen molar-refractivity contribution in [1.29, 1.82) is 0 Å². The second kappa shape index (κ2) is 45.1. The van der Waals surface area contributed by atoms with Gasteiger partial charge in [0.1, 0.15) is 22.8 Å². The summed E-state index contributed by atoms with van der Waals surface area (Å²) in [5.41, 5.74) is 5.83. The van der Waals surface area contributed by atoms with Crippen LogP contribution in [-0.4, -0.2) is 85.3 Å². The van der Waals surface area contributed by atoms with Crippen LogP contribution in [0, 0.1) is 54.9 Å². The number of hydrogen-bond acceptors (Lipinski definition) is 20. The van der Waals surface area contributed by atoms with Gasteiger partial charge in [-0.1, -0.05) is 227 Å². The van der Waals surface area contributed by atoms with Gasteiger partial charge in [0.25, 0.3) is 0 Å². The second-order valence-electron chi connectivity index (χ2n) is 33.0. The molecule has 0 amide bonds. The van der Waals surface area contributed by atoms with Gasteiger partial charge in [-0.3, -0.25) is 0 Å². The molecule has 8 aliphatic rings. The van der Waals surface area contributed by atoms with E-state index < -0.39 is 49.8 Å². The summed E-state index contributed by atoms with van der Waals surface area (Å²) in [6.07, 6.45) is 48.7. The molecule has 6 aromatic rings. The van der Waals surface area contributed by atoms with Crippen molar-refractivity contribution in [2.24, 2.45) is 23.7 Å². The molecular weight excluding hydrogens is 1530 g/mol. The number of hydrogen-bond donors (Lipinski definition) is 0. The SMILES string of the molecule is CCc1ccc(CC2CCCCC2)[n+]([O-])n1.CCc1ccc(CC2CCCCC2)n[n+]1[O-].CCc1ccc(S(=O)(=O)C2CCCCC2)[n+]([O-])n1.CCc1ccc(S(=O)(=O)C2CCCCC2)n[n+]1[O-].O=S(=O)(c1ccc(CC2CCCCC2)[n+]([O-])n1)C1CCCCC1.O=S(=O)(c1ccc(CC2CCCCC2)n[n+]1[O-])C1CCCCC1. The van der Waals surface area contributed by atoms with Crippen molar-refractivity contribution in [3.05, 3.63) is 150 Å². The van der Waals surface area contributed by atoms with Gasteiger partial charge in [0.15, 0.2) is 0 Å². The average Bonchev–Trinajstić information content (AvgIpc) is 0.766. The molecule has 0 atom stereocenters. The molecule has 0 radical (unpaired) electrons. The molecule has 0 saturated heterocycles. The topological polar surface area (TPSA) is 376 Å². The van der Waals surface area contributed by atoms with Crippen molar-refractivity contribution >= 4 is 39.3 Å². The Morgan fingerprint density at radius 2 is 0.474 bits per heavy atom. The van der Waals surface area contributed by atoms with Gasteiger partial charge in [-0.15, -0.1) is 0 Å². The maximum Gasteiger partial charge on any atom is 0.335 e. The van der Waals surface area contributed by atoms with Gasteiger partial charge in [-0.2, -0.15) is 0 Å². The molecule has 8 aliphatic carbocycles. The lowest BCUT2D eigenvalue weighted by Crippen LogP contribution is -2.42. The summed E-state index contributed by atoms with van der Waals surface area (Å²) >= 11 is 0. The van der Waals surface area contributed by atoms with Crippen LogP contribution in [0.4, 0.5) is 0 Å². The normalized spacial score (nSPS) is 19.2. The Morgan fingerprint density at radius 3 is 0.772 bits per heavy atom. The molecule has 0 unspecified atom stereocenters. The molecule has 30 heteroatoms. The van der Waals surface area contributed by atoms with Crippen LogP contribution in [0.1, 0.15) is 330 Å². The third kappa shape index (κ3) is 26.5. The molecule has 6 heterocycles. The van der Waals surface area contributed by atoms with E-state index in [1.54, 1.807) is 24.3 Å². The highest BCUT2D eigenvalue weighted by Gasteiger charge is 2.39. The molecule has 0 aliphatic heterocycles. The average molecular weight is 1660 g/mol. The van der Waals surface area contributed by atoms with Crippen LogP contribution in [0.25, 0.3) is 0 Å². The van der Waals surface area contributed by atoms with Crippen LogP contribution in [0.15, 0.2) is 92.9 Å². The van der Waals surface area contributed by atoms with Crippen molar-refractivity contribution in [2.75, 3.05) is 0 Å². The zero-order chi connectivity index (χ0) is 81.7. The van der Waals surface area contributed by atoms with Gasteiger partial charge in [0.2, 0.25) is 72.2 Å². The van der Waals surface area contributed by atoms with Crippen LogP contribution in [0.2, 0.25) is 0 Å². The van der Waals surface area contributed by atoms with Gasteiger partial charge < -0.3 is 31.2 Å². The standard InChI is InChI=1S/2C17H26N2O3S.2C13H20N2O.2C12H18N2O3S/c20-19-15(13-14-7-3-1-4-8-14)11-12-17(18-19)23(21,22)16-9-5-2-6-10-16;20-19-17(23(21,22)16-9-5-2-6-10-16)12-11-15(18-19)13-14-7-3-1-4-8-14;1-2-13-9-8-12(14-15(13)16)10-11-6-4-3-5-7-11;1-2-12-8-9-13(15(16)14-12)10-11-6-4-3-5-7-11;1-2-10-8-9-12(13-14(10)15)18(16,17)11-6-4-3-5-7-11;1-2-10-8-9-12(14(15)13-10)18(16,17)11-6-4-3-5-7-11/h2*11-12,14,16H,1-10,13H2;2*8-9,11H,2-7,10H2,1H3;2*8-9,11H,2-7H2,1H3. The first kappa shape index (κ1) is 91.0. The lowest BCUT2D eigenvalue weighted by Gasteiger charge is -2.21. The second-order valence-corrected chi connectivity index (χ2v) is 41.7. The molecule has 0 spiro atoms. The summed E-state index contributed by atoms with van der Waals surface area (Å²) in [6.45, 7) is 7.70. The predicted molar refractivity (Wildman–Crippen MR) is 434 cm³/mol. The molecule has 8 fully saturated rings. The van der Waals surface area contributed by atoms with E-state index in [0.29, 0.717) is 120 Å². The van der Waals surface area contributed by atoms with E-state index >= 15 is 0 Å². The van der Waals surface area contributed by atoms with Crippen molar-refractivity contribution < 1.29 is 62.7 Å². The maximum absolute atomic E-state index is 12.6. The van der Waals surface area contributed by atoms with Crippen molar-refractivity contribution in [3.8, 4) is 0 Å². The molecule has 0 N–H and O–H groups in total. The molecule has 26 nitrogen and oxygen atoms in total.